The van der Waals surface area contributed by atoms with Gasteiger partial charge in [-0.15, -0.1) is 0 Å². The van der Waals surface area contributed by atoms with Crippen molar-refractivity contribution in [1.29, 1.82) is 0 Å². The summed E-state index contributed by atoms with van der Waals surface area (Å²) < 4.78 is 39.5. The van der Waals surface area contributed by atoms with Crippen molar-refractivity contribution in [3.05, 3.63) is 50.5 Å². The minimum Gasteiger partial charge on any atom is -0.348 e. The molecule has 0 saturated heterocycles. The van der Waals surface area contributed by atoms with E-state index < -0.39 is 22.4 Å². The summed E-state index contributed by atoms with van der Waals surface area (Å²) in [6.07, 6.45) is -4.64. The average molecular weight is 391 g/mol. The molecule has 114 valence electrons. The van der Waals surface area contributed by atoms with Crippen LogP contribution in [0.5, 0.6) is 0 Å². The molecule has 3 rings (SSSR count). The molecule has 1 aliphatic heterocycles. The Labute approximate surface area is 135 Å². The fourth-order valence-electron chi connectivity index (χ4n) is 2.05. The molecule has 1 aliphatic rings. The molecule has 4 nitrogen and oxygen atoms in total. The van der Waals surface area contributed by atoms with Gasteiger partial charge in [0.15, 0.2) is 0 Å². The van der Waals surface area contributed by atoms with Crippen molar-refractivity contribution < 1.29 is 18.1 Å². The van der Waals surface area contributed by atoms with Gasteiger partial charge in [0, 0.05) is 20.3 Å². The average Bonchev–Trinajstić information content (AvgIpc) is 2.42. The van der Waals surface area contributed by atoms with Crippen molar-refractivity contribution in [2.24, 2.45) is 0 Å². The Balaban J connectivity index is 2.18. The minimum absolute atomic E-state index is 0.0813. The largest absolute Gasteiger partial charge is 0.416 e. The molecular formula is C13H6BrF3N2O2S. The molecule has 0 fully saturated rings. The number of nitro benzene ring substituents is 1. The molecule has 0 saturated carbocycles. The third kappa shape index (κ3) is 2.66. The number of hydrogen-bond donors (Lipinski definition) is 1. The van der Waals surface area contributed by atoms with Gasteiger partial charge >= 0.3 is 6.18 Å². The quantitative estimate of drug-likeness (QED) is 0.434. The first-order valence-corrected chi connectivity index (χ1v) is 7.51. The van der Waals surface area contributed by atoms with Gasteiger partial charge in [0.1, 0.15) is 5.69 Å². The second kappa shape index (κ2) is 5.17. The van der Waals surface area contributed by atoms with Gasteiger partial charge in [-0.1, -0.05) is 27.7 Å². The Bertz CT molecular complexity index is 796. The van der Waals surface area contributed by atoms with E-state index in [2.05, 4.69) is 21.2 Å². The number of fused-ring (bicyclic) bond motifs is 2. The molecular weight excluding hydrogens is 385 g/mol. The lowest BCUT2D eigenvalue weighted by Gasteiger charge is -2.22. The Hall–Kier alpha value is -1.74. The summed E-state index contributed by atoms with van der Waals surface area (Å²) in [7, 11) is 0. The summed E-state index contributed by atoms with van der Waals surface area (Å²) in [5.41, 5.74) is -0.932. The van der Waals surface area contributed by atoms with Crippen LogP contribution in [-0.4, -0.2) is 4.92 Å². The Kier molecular flexibility index (Phi) is 3.56. The molecule has 1 heterocycles. The third-order valence-electron chi connectivity index (χ3n) is 3.03. The predicted octanol–water partition coefficient (Wildman–Crippen LogP) is 5.58. The van der Waals surface area contributed by atoms with E-state index in [1.807, 2.05) is 0 Å². The Morgan fingerprint density at radius 1 is 1.18 bits per heavy atom. The Morgan fingerprint density at radius 2 is 1.91 bits per heavy atom. The van der Waals surface area contributed by atoms with E-state index >= 15 is 0 Å². The Morgan fingerprint density at radius 3 is 2.55 bits per heavy atom. The molecule has 2 aromatic carbocycles. The smallest absolute Gasteiger partial charge is 0.348 e. The number of alkyl halides is 3. The molecule has 0 aromatic heterocycles. The van der Waals surface area contributed by atoms with Crippen molar-refractivity contribution in [2.75, 3.05) is 5.32 Å². The lowest BCUT2D eigenvalue weighted by Crippen LogP contribution is -2.09. The molecule has 2 aromatic rings. The lowest BCUT2D eigenvalue weighted by atomic mass is 10.1. The number of halogens is 4. The van der Waals surface area contributed by atoms with Crippen LogP contribution < -0.4 is 5.32 Å². The van der Waals surface area contributed by atoms with Crippen LogP contribution in [0.3, 0.4) is 0 Å². The highest BCUT2D eigenvalue weighted by Gasteiger charge is 2.36. The van der Waals surface area contributed by atoms with Gasteiger partial charge in [0.2, 0.25) is 0 Å². The van der Waals surface area contributed by atoms with Crippen LogP contribution in [0, 0.1) is 10.1 Å². The van der Waals surface area contributed by atoms with Gasteiger partial charge in [0.05, 0.1) is 16.2 Å². The van der Waals surface area contributed by atoms with E-state index in [-0.39, 0.29) is 10.6 Å². The molecule has 22 heavy (non-hydrogen) atoms. The zero-order valence-corrected chi connectivity index (χ0v) is 13.0. The highest BCUT2D eigenvalue weighted by molar-refractivity contribution is 9.10. The normalized spacial score (nSPS) is 13.1. The van der Waals surface area contributed by atoms with Crippen LogP contribution in [0.4, 0.5) is 30.2 Å². The van der Waals surface area contributed by atoms with Crippen molar-refractivity contribution in [1.82, 2.24) is 0 Å². The number of benzene rings is 2. The molecule has 0 unspecified atom stereocenters. The van der Waals surface area contributed by atoms with Gasteiger partial charge < -0.3 is 5.32 Å². The zero-order valence-electron chi connectivity index (χ0n) is 10.6. The summed E-state index contributed by atoms with van der Waals surface area (Å²) in [5.74, 6) is 0. The van der Waals surface area contributed by atoms with Gasteiger partial charge in [0.25, 0.3) is 5.69 Å². The van der Waals surface area contributed by atoms with Gasteiger partial charge in [-0.05, 0) is 24.3 Å². The molecule has 0 bridgehead atoms. The van der Waals surface area contributed by atoms with E-state index in [0.717, 1.165) is 22.3 Å². The van der Waals surface area contributed by atoms with Crippen LogP contribution in [0.25, 0.3) is 0 Å². The van der Waals surface area contributed by atoms with E-state index in [9.17, 15) is 23.3 Å². The summed E-state index contributed by atoms with van der Waals surface area (Å²) in [6.45, 7) is 0. The zero-order chi connectivity index (χ0) is 16.1. The van der Waals surface area contributed by atoms with E-state index in [1.54, 1.807) is 18.2 Å². The molecule has 0 spiro atoms. The molecule has 0 radical (unpaired) electrons. The molecule has 0 amide bonds. The van der Waals surface area contributed by atoms with Gasteiger partial charge in [-0.3, -0.25) is 10.1 Å². The van der Waals surface area contributed by atoms with Crippen LogP contribution in [0.2, 0.25) is 0 Å². The van der Waals surface area contributed by atoms with Crippen LogP contribution in [0.15, 0.2) is 44.6 Å². The van der Waals surface area contributed by atoms with E-state index in [0.29, 0.717) is 16.6 Å². The van der Waals surface area contributed by atoms with E-state index in [1.165, 1.54) is 0 Å². The summed E-state index contributed by atoms with van der Waals surface area (Å²) in [6, 6.07) is 6.66. The molecule has 9 heteroatoms. The summed E-state index contributed by atoms with van der Waals surface area (Å²) in [5, 5.41) is 13.9. The van der Waals surface area contributed by atoms with Crippen LogP contribution in [-0.2, 0) is 6.18 Å². The van der Waals surface area contributed by atoms with E-state index in [4.69, 9.17) is 0 Å². The minimum atomic E-state index is -4.64. The SMILES string of the molecule is O=[N+]([O-])c1cc(C(F)(F)F)cc2c1Nc1ccc(Br)cc1S2. The maximum atomic E-state index is 12.9. The predicted molar refractivity (Wildman–Crippen MR) is 79.6 cm³/mol. The number of rotatable bonds is 1. The number of anilines is 2. The maximum Gasteiger partial charge on any atom is 0.416 e. The van der Waals surface area contributed by atoms with Crippen molar-refractivity contribution >= 4 is 44.8 Å². The maximum absolute atomic E-state index is 12.9. The first-order chi connectivity index (χ1) is 10.3. The molecule has 0 atom stereocenters. The van der Waals surface area contributed by atoms with Crippen molar-refractivity contribution in [2.45, 2.75) is 16.0 Å². The highest BCUT2D eigenvalue weighted by Crippen LogP contribution is 2.50. The number of hydrogen-bond acceptors (Lipinski definition) is 4. The fourth-order valence-corrected chi connectivity index (χ4v) is 3.66. The summed E-state index contributed by atoms with van der Waals surface area (Å²) in [4.78, 5) is 11.1. The number of nitrogens with one attached hydrogen (secondary N) is 1. The summed E-state index contributed by atoms with van der Waals surface area (Å²) >= 11 is 4.35. The van der Waals surface area contributed by atoms with Gasteiger partial charge in [-0.25, -0.2) is 0 Å². The third-order valence-corrected chi connectivity index (χ3v) is 4.62. The second-order valence-electron chi connectivity index (χ2n) is 4.49. The monoisotopic (exact) mass is 390 g/mol. The van der Waals surface area contributed by atoms with Gasteiger partial charge in [-0.2, -0.15) is 13.2 Å². The van der Waals surface area contributed by atoms with Crippen LogP contribution in [0.1, 0.15) is 5.56 Å². The first-order valence-electron chi connectivity index (χ1n) is 5.90. The topological polar surface area (TPSA) is 55.2 Å². The highest BCUT2D eigenvalue weighted by atomic mass is 79.9. The molecule has 0 aliphatic carbocycles. The first kappa shape index (κ1) is 15.2. The lowest BCUT2D eigenvalue weighted by molar-refractivity contribution is -0.384. The standard InChI is InChI=1S/C13H6BrF3N2O2S/c14-7-1-2-8-10(5-7)22-11-4-6(13(15,16)17)3-9(19(20)21)12(11)18-8/h1-5,18H. The van der Waals surface area contributed by atoms with Crippen LogP contribution >= 0.6 is 27.7 Å². The van der Waals surface area contributed by atoms with Crippen molar-refractivity contribution in [3.63, 3.8) is 0 Å². The fraction of sp³-hybridized carbons (Fsp3) is 0.0769. The number of nitro groups is 1. The molecule has 1 N–H and O–H groups in total. The second-order valence-corrected chi connectivity index (χ2v) is 6.49. The van der Waals surface area contributed by atoms with Crippen molar-refractivity contribution in [3.8, 4) is 0 Å². The number of nitrogens with zero attached hydrogens (tertiary/aromatic N) is 1.